The quantitative estimate of drug-likeness (QED) is 0.401. The summed E-state index contributed by atoms with van der Waals surface area (Å²) in [6, 6.07) is 1.18. The molecule has 1 aromatic rings. The van der Waals surface area contributed by atoms with E-state index in [4.69, 9.17) is 0 Å². The van der Waals surface area contributed by atoms with Crippen LogP contribution in [0.5, 0.6) is 0 Å². The molecule has 0 aromatic heterocycles. The Balaban J connectivity index is 1.60. The van der Waals surface area contributed by atoms with Crippen molar-refractivity contribution >= 4 is 17.4 Å². The molecule has 1 aliphatic heterocycles. The molecule has 0 bridgehead atoms. The summed E-state index contributed by atoms with van der Waals surface area (Å²) in [5.74, 6) is -1.45. The van der Waals surface area contributed by atoms with Gasteiger partial charge in [-0.1, -0.05) is 6.42 Å². The van der Waals surface area contributed by atoms with Crippen LogP contribution in [0, 0.1) is 16.0 Å². The highest BCUT2D eigenvalue weighted by Crippen LogP contribution is 2.38. The van der Waals surface area contributed by atoms with E-state index in [0.717, 1.165) is 12.1 Å². The molecular formula is C19H22F6N4O3. The van der Waals surface area contributed by atoms with Crippen molar-refractivity contribution in [2.45, 2.75) is 44.1 Å². The monoisotopic (exact) mass is 468 g/mol. The largest absolute Gasteiger partial charge is 0.416 e. The topological polar surface area (TPSA) is 78.7 Å². The van der Waals surface area contributed by atoms with Crippen molar-refractivity contribution in [3.8, 4) is 0 Å². The minimum absolute atomic E-state index is 0.0170. The van der Waals surface area contributed by atoms with Crippen LogP contribution >= 0.6 is 0 Å². The normalized spacial score (nSPS) is 22.6. The number of nitro groups is 1. The number of piperazine rings is 1. The first-order valence-corrected chi connectivity index (χ1v) is 10.1. The van der Waals surface area contributed by atoms with Crippen LogP contribution < -0.4 is 10.2 Å². The molecule has 2 aliphatic rings. The number of halogens is 6. The molecule has 1 aliphatic carbocycles. The van der Waals surface area contributed by atoms with Gasteiger partial charge >= 0.3 is 18.4 Å². The fraction of sp³-hybridized carbons (Fsp3) is 0.632. The van der Waals surface area contributed by atoms with Gasteiger partial charge in [-0.25, -0.2) is 4.79 Å². The highest BCUT2D eigenvalue weighted by molar-refractivity contribution is 5.75. The smallest absolute Gasteiger partial charge is 0.362 e. The second kappa shape index (κ2) is 9.02. The van der Waals surface area contributed by atoms with Gasteiger partial charge in [-0.05, 0) is 31.4 Å². The molecule has 0 unspecified atom stereocenters. The maximum Gasteiger partial charge on any atom is 0.416 e. The minimum Gasteiger partial charge on any atom is -0.362 e. The van der Waals surface area contributed by atoms with Gasteiger partial charge in [0.25, 0.3) is 5.69 Å². The molecule has 1 heterocycles. The molecule has 32 heavy (non-hydrogen) atoms. The average molecular weight is 468 g/mol. The predicted molar refractivity (Wildman–Crippen MR) is 102 cm³/mol. The van der Waals surface area contributed by atoms with Gasteiger partial charge in [0.05, 0.1) is 16.4 Å². The molecule has 0 radical (unpaired) electrons. The highest BCUT2D eigenvalue weighted by atomic mass is 19.4. The summed E-state index contributed by atoms with van der Waals surface area (Å²) in [7, 11) is 0. The summed E-state index contributed by atoms with van der Waals surface area (Å²) in [5, 5.41) is 13.9. The molecule has 1 N–H and O–H groups in total. The zero-order valence-electron chi connectivity index (χ0n) is 16.9. The fourth-order valence-electron chi connectivity index (χ4n) is 4.15. The maximum atomic E-state index is 13.0. The van der Waals surface area contributed by atoms with E-state index >= 15 is 0 Å². The number of benzene rings is 1. The Bertz CT molecular complexity index is 852. The number of alkyl halides is 6. The van der Waals surface area contributed by atoms with E-state index < -0.39 is 46.5 Å². The van der Waals surface area contributed by atoms with Crippen LogP contribution in [0.1, 0.15) is 31.2 Å². The average Bonchev–Trinajstić information content (AvgIpc) is 2.72. The summed E-state index contributed by atoms with van der Waals surface area (Å²) >= 11 is 0. The van der Waals surface area contributed by atoms with Gasteiger partial charge in [0.15, 0.2) is 0 Å². The molecule has 7 nitrogen and oxygen atoms in total. The van der Waals surface area contributed by atoms with E-state index in [2.05, 4.69) is 5.32 Å². The second-order valence-corrected chi connectivity index (χ2v) is 7.98. The van der Waals surface area contributed by atoms with Crippen LogP contribution in [0.4, 0.5) is 42.5 Å². The molecule has 2 amide bonds. The summed E-state index contributed by atoms with van der Waals surface area (Å²) < 4.78 is 77.5. The van der Waals surface area contributed by atoms with Crippen molar-refractivity contribution in [1.82, 2.24) is 10.2 Å². The Labute approximate surface area is 179 Å². The Kier molecular flexibility index (Phi) is 6.75. The lowest BCUT2D eigenvalue weighted by Crippen LogP contribution is -2.54. The number of hydrogen-bond donors (Lipinski definition) is 1. The second-order valence-electron chi connectivity index (χ2n) is 7.98. The molecule has 1 saturated heterocycles. The maximum absolute atomic E-state index is 13.0. The molecular weight excluding hydrogens is 446 g/mol. The standard InChI is InChI=1S/C19H22F6N4O3/c20-18(21,22)12-2-1-3-14(10-12)26-17(30)28-8-6-27(7-9-28)15-5-4-13(19(23,24)25)11-16(15)29(31)32/h4-5,11-12,14H,1-3,6-10H2,(H,26,30)/t12-,14+/m1/s1. The Hall–Kier alpha value is -2.73. The highest BCUT2D eigenvalue weighted by Gasteiger charge is 2.42. The van der Waals surface area contributed by atoms with Crippen molar-refractivity contribution in [1.29, 1.82) is 0 Å². The van der Waals surface area contributed by atoms with Gasteiger partial charge in [-0.15, -0.1) is 0 Å². The van der Waals surface area contributed by atoms with Crippen molar-refractivity contribution in [2.75, 3.05) is 31.1 Å². The molecule has 3 rings (SSSR count). The molecule has 2 atom stereocenters. The third kappa shape index (κ3) is 5.54. The number of carbonyl (C=O) groups excluding carboxylic acids is 1. The molecule has 0 spiro atoms. The van der Waals surface area contributed by atoms with Gasteiger partial charge in [0.2, 0.25) is 0 Å². The first-order valence-electron chi connectivity index (χ1n) is 10.1. The lowest BCUT2D eigenvalue weighted by molar-refractivity contribution is -0.384. The van der Waals surface area contributed by atoms with E-state index in [1.165, 1.54) is 9.80 Å². The summed E-state index contributed by atoms with van der Waals surface area (Å²) in [6.45, 7) is 0.518. The number of nitrogens with one attached hydrogen (secondary N) is 1. The third-order valence-electron chi connectivity index (χ3n) is 5.87. The van der Waals surface area contributed by atoms with Crippen molar-refractivity contribution in [2.24, 2.45) is 5.92 Å². The first kappa shape index (κ1) is 23.9. The summed E-state index contributed by atoms with van der Waals surface area (Å²) in [5.41, 5.74) is -1.79. The number of anilines is 1. The molecule has 2 fully saturated rings. The van der Waals surface area contributed by atoms with Crippen LogP contribution in [-0.4, -0.2) is 54.3 Å². The Morgan fingerprint density at radius 2 is 1.72 bits per heavy atom. The van der Waals surface area contributed by atoms with Crippen molar-refractivity contribution < 1.29 is 36.1 Å². The lowest BCUT2D eigenvalue weighted by atomic mass is 9.85. The number of nitrogens with zero attached hydrogens (tertiary/aromatic N) is 3. The van der Waals surface area contributed by atoms with Crippen molar-refractivity contribution in [3.63, 3.8) is 0 Å². The predicted octanol–water partition coefficient (Wildman–Crippen LogP) is 4.57. The number of rotatable bonds is 3. The number of urea groups is 1. The molecule has 178 valence electrons. The van der Waals surface area contributed by atoms with Gasteiger partial charge in [-0.2, -0.15) is 26.3 Å². The molecule has 13 heteroatoms. The Morgan fingerprint density at radius 1 is 1.06 bits per heavy atom. The van der Waals surface area contributed by atoms with Crippen LogP contribution in [0.3, 0.4) is 0 Å². The Morgan fingerprint density at radius 3 is 2.28 bits per heavy atom. The van der Waals surface area contributed by atoms with E-state index in [1.54, 1.807) is 0 Å². The molecule has 1 aromatic carbocycles. The number of nitro benzene ring substituents is 1. The van der Waals surface area contributed by atoms with Crippen LogP contribution in [0.2, 0.25) is 0 Å². The SMILES string of the molecule is O=C(N[C@H]1CCC[C@@H](C(F)(F)F)C1)N1CCN(c2ccc(C(F)(F)F)cc2[N+](=O)[O-])CC1. The zero-order chi connectivity index (χ0) is 23.7. The van der Waals surface area contributed by atoms with Gasteiger partial charge in [0.1, 0.15) is 5.69 Å². The third-order valence-corrected chi connectivity index (χ3v) is 5.87. The summed E-state index contributed by atoms with van der Waals surface area (Å²) in [4.78, 5) is 25.8. The van der Waals surface area contributed by atoms with E-state index in [0.29, 0.717) is 18.9 Å². The van der Waals surface area contributed by atoms with Gasteiger partial charge < -0.3 is 15.1 Å². The molecule has 1 saturated carbocycles. The lowest BCUT2D eigenvalue weighted by Gasteiger charge is -2.37. The minimum atomic E-state index is -4.72. The van der Waals surface area contributed by atoms with Crippen LogP contribution in [0.15, 0.2) is 18.2 Å². The van der Waals surface area contributed by atoms with Crippen molar-refractivity contribution in [3.05, 3.63) is 33.9 Å². The number of hydrogen-bond acceptors (Lipinski definition) is 4. The van der Waals surface area contributed by atoms with E-state index in [1.807, 2.05) is 0 Å². The van der Waals surface area contributed by atoms with Crippen LogP contribution in [0.25, 0.3) is 0 Å². The van der Waals surface area contributed by atoms with Gasteiger partial charge in [0, 0.05) is 38.3 Å². The number of amides is 2. The van der Waals surface area contributed by atoms with Gasteiger partial charge in [-0.3, -0.25) is 10.1 Å². The van der Waals surface area contributed by atoms with E-state index in [-0.39, 0.29) is 44.7 Å². The number of carbonyl (C=O) groups is 1. The van der Waals surface area contributed by atoms with E-state index in [9.17, 15) is 41.3 Å². The summed E-state index contributed by atoms with van der Waals surface area (Å²) in [6.07, 6.45) is -8.33. The zero-order valence-corrected chi connectivity index (χ0v) is 16.9. The van der Waals surface area contributed by atoms with Crippen LogP contribution in [-0.2, 0) is 6.18 Å². The fourth-order valence-corrected chi connectivity index (χ4v) is 4.15. The first-order chi connectivity index (χ1) is 14.9.